The molecule has 3 heterocycles. The minimum atomic E-state index is -4.72. The summed E-state index contributed by atoms with van der Waals surface area (Å²) in [5, 5.41) is 7.48. The van der Waals surface area contributed by atoms with Crippen molar-refractivity contribution in [2.75, 3.05) is 0 Å². The van der Waals surface area contributed by atoms with Crippen LogP contribution in [-0.4, -0.2) is 31.5 Å². The number of hydrogen-bond donors (Lipinski definition) is 2. The molecule has 0 atom stereocenters. The van der Waals surface area contributed by atoms with Gasteiger partial charge in [-0.15, -0.1) is 0 Å². The van der Waals surface area contributed by atoms with E-state index >= 15 is 0 Å². The van der Waals surface area contributed by atoms with Crippen LogP contribution in [0, 0.1) is 12.7 Å². The number of alkyl halides is 3. The zero-order valence-corrected chi connectivity index (χ0v) is 23.1. The molecule has 2 amide bonds. The third kappa shape index (κ3) is 4.99. The first-order chi connectivity index (χ1) is 20.4. The van der Waals surface area contributed by atoms with Crippen LogP contribution in [0.2, 0.25) is 5.02 Å². The average molecular weight is 613 g/mol. The van der Waals surface area contributed by atoms with Crippen LogP contribution in [-0.2, 0) is 22.9 Å². The number of aryl methyl sites for hydroxylation is 1. The van der Waals surface area contributed by atoms with Gasteiger partial charge in [0.25, 0.3) is 5.91 Å². The lowest BCUT2D eigenvalue weighted by molar-refractivity contribution is -0.137. The Morgan fingerprint density at radius 1 is 1.14 bits per heavy atom. The summed E-state index contributed by atoms with van der Waals surface area (Å²) in [5.41, 5.74) is 4.84. The zero-order chi connectivity index (χ0) is 30.7. The highest BCUT2D eigenvalue weighted by Crippen LogP contribution is 2.49. The molecule has 0 aliphatic heterocycles. The number of pyridine rings is 1. The van der Waals surface area contributed by atoms with Crippen LogP contribution in [0.5, 0.6) is 0 Å². The van der Waals surface area contributed by atoms with Crippen molar-refractivity contribution in [1.82, 2.24) is 25.0 Å². The maximum atomic E-state index is 14.1. The van der Waals surface area contributed by atoms with Crippen molar-refractivity contribution >= 4 is 34.3 Å². The van der Waals surface area contributed by atoms with E-state index in [1.165, 1.54) is 12.1 Å². The molecule has 1 saturated carbocycles. The number of carbonyl (C=O) groups is 2. The second-order valence-electron chi connectivity index (χ2n) is 10.2. The number of fused-ring (bicyclic) bond motifs is 1. The predicted molar refractivity (Wildman–Crippen MR) is 147 cm³/mol. The SMILES string of the molecule is Cc1nc(-c2c(Cl)c3cc(F)ccc3n2-c2ccc(CNC(=O)C3(c4ncc(C(F)(F)F)cc4C(N)=O)CC3)cc2)no1. The van der Waals surface area contributed by atoms with Crippen LogP contribution < -0.4 is 11.1 Å². The lowest BCUT2D eigenvalue weighted by atomic mass is 9.94. The first kappa shape index (κ1) is 28.3. The van der Waals surface area contributed by atoms with Gasteiger partial charge in [-0.3, -0.25) is 14.6 Å². The Bertz CT molecular complexity index is 1910. The van der Waals surface area contributed by atoms with E-state index in [1.807, 2.05) is 0 Å². The average Bonchev–Trinajstić information content (AvgIpc) is 3.60. The highest BCUT2D eigenvalue weighted by molar-refractivity contribution is 6.38. The van der Waals surface area contributed by atoms with Crippen molar-refractivity contribution in [1.29, 1.82) is 0 Å². The molecule has 5 aromatic rings. The third-order valence-corrected chi connectivity index (χ3v) is 7.76. The normalized spacial score (nSPS) is 14.2. The van der Waals surface area contributed by atoms with Crippen LogP contribution >= 0.6 is 11.6 Å². The van der Waals surface area contributed by atoms with Gasteiger partial charge in [0.2, 0.25) is 17.6 Å². The molecule has 0 unspecified atom stereocenters. The van der Waals surface area contributed by atoms with Crippen LogP contribution in [0.3, 0.4) is 0 Å². The van der Waals surface area contributed by atoms with Gasteiger partial charge in [-0.1, -0.05) is 28.9 Å². The Morgan fingerprint density at radius 2 is 1.86 bits per heavy atom. The second kappa shape index (κ2) is 10.2. The number of nitrogens with one attached hydrogen (secondary N) is 1. The lowest BCUT2D eigenvalue weighted by Gasteiger charge is -2.18. The fraction of sp³-hybridized carbons (Fsp3) is 0.207. The first-order valence-corrected chi connectivity index (χ1v) is 13.3. The number of nitrogens with two attached hydrogens (primary N) is 1. The topological polar surface area (TPSA) is 129 Å². The molecule has 14 heteroatoms. The minimum Gasteiger partial charge on any atom is -0.366 e. The Labute approximate surface area is 245 Å². The van der Waals surface area contributed by atoms with Crippen LogP contribution in [0.4, 0.5) is 17.6 Å². The number of primary amides is 1. The maximum absolute atomic E-state index is 14.1. The summed E-state index contributed by atoms with van der Waals surface area (Å²) >= 11 is 6.66. The van der Waals surface area contributed by atoms with Gasteiger partial charge in [0.05, 0.1) is 32.8 Å². The van der Waals surface area contributed by atoms with E-state index in [-0.39, 0.29) is 23.1 Å². The predicted octanol–water partition coefficient (Wildman–Crippen LogP) is 5.64. The van der Waals surface area contributed by atoms with Gasteiger partial charge in [0.15, 0.2) is 0 Å². The number of hydrogen-bond acceptors (Lipinski definition) is 6. The smallest absolute Gasteiger partial charge is 0.366 e. The molecule has 43 heavy (non-hydrogen) atoms. The Morgan fingerprint density at radius 3 is 2.47 bits per heavy atom. The van der Waals surface area contributed by atoms with Crippen molar-refractivity contribution in [3.63, 3.8) is 0 Å². The van der Waals surface area contributed by atoms with Gasteiger partial charge in [-0.25, -0.2) is 4.39 Å². The second-order valence-corrected chi connectivity index (χ2v) is 10.6. The van der Waals surface area contributed by atoms with Crippen LogP contribution in [0.15, 0.2) is 59.3 Å². The number of halogens is 5. The molecular formula is C29H21ClF4N6O3. The summed E-state index contributed by atoms with van der Waals surface area (Å²) in [6.45, 7) is 1.72. The summed E-state index contributed by atoms with van der Waals surface area (Å²) in [6, 6.07) is 11.9. The van der Waals surface area contributed by atoms with E-state index in [0.717, 1.165) is 0 Å². The molecule has 3 aromatic heterocycles. The molecule has 220 valence electrons. The van der Waals surface area contributed by atoms with Crippen molar-refractivity contribution in [3.8, 4) is 17.2 Å². The number of nitrogens with zero attached hydrogens (tertiary/aromatic N) is 4. The van der Waals surface area contributed by atoms with Crippen LogP contribution in [0.1, 0.15) is 45.9 Å². The van der Waals surface area contributed by atoms with E-state index in [0.29, 0.717) is 58.8 Å². The quantitative estimate of drug-likeness (QED) is 0.229. The molecule has 0 saturated heterocycles. The van der Waals surface area contributed by atoms with Crippen molar-refractivity contribution in [2.45, 2.75) is 37.9 Å². The molecule has 1 fully saturated rings. The van der Waals surface area contributed by atoms with Gasteiger partial charge in [0.1, 0.15) is 11.5 Å². The monoisotopic (exact) mass is 612 g/mol. The van der Waals surface area contributed by atoms with Crippen molar-refractivity contribution in [2.24, 2.45) is 5.73 Å². The fourth-order valence-corrected chi connectivity index (χ4v) is 5.41. The van der Waals surface area contributed by atoms with Gasteiger partial charge in [0, 0.05) is 30.7 Å². The number of carbonyl (C=O) groups excluding carboxylic acids is 2. The molecule has 2 aromatic carbocycles. The molecule has 0 spiro atoms. The summed E-state index contributed by atoms with van der Waals surface area (Å²) in [7, 11) is 0. The lowest BCUT2D eigenvalue weighted by Crippen LogP contribution is -2.36. The Hall–Kier alpha value is -4.78. The van der Waals surface area contributed by atoms with E-state index in [9.17, 15) is 27.2 Å². The first-order valence-electron chi connectivity index (χ1n) is 12.9. The molecule has 0 radical (unpaired) electrons. The van der Waals surface area contributed by atoms with E-state index in [1.54, 1.807) is 41.8 Å². The van der Waals surface area contributed by atoms with Crippen LogP contribution in [0.25, 0.3) is 28.1 Å². The third-order valence-electron chi connectivity index (χ3n) is 7.37. The zero-order valence-electron chi connectivity index (χ0n) is 22.3. The molecule has 1 aliphatic rings. The Balaban J connectivity index is 1.26. The number of amides is 2. The van der Waals surface area contributed by atoms with Gasteiger partial charge < -0.3 is 20.1 Å². The minimum absolute atomic E-state index is 0.0714. The molecule has 9 nitrogen and oxygen atoms in total. The van der Waals surface area contributed by atoms with Crippen molar-refractivity contribution < 1.29 is 31.7 Å². The molecular weight excluding hydrogens is 592 g/mol. The van der Waals surface area contributed by atoms with Crippen molar-refractivity contribution in [3.05, 3.63) is 93.8 Å². The molecule has 1 aliphatic carbocycles. The summed E-state index contributed by atoms with van der Waals surface area (Å²) in [6.07, 6.45) is -3.52. The number of rotatable bonds is 7. The standard InChI is InChI=1S/C29H21ClF4N6O3/c1-14-38-26(39-43-14)23-22(30)19-11-17(31)4-7-21(19)40(23)18-5-2-15(3-6-18)12-37-27(42)28(8-9-28)24-20(25(35)41)10-16(13-36-24)29(32,33)34/h2-7,10-11,13H,8-9,12H2,1H3,(H2,35,41)(H,37,42). The van der Waals surface area contributed by atoms with Gasteiger partial charge >= 0.3 is 6.18 Å². The molecule has 6 rings (SSSR count). The van der Waals surface area contributed by atoms with Gasteiger partial charge in [-0.2, -0.15) is 18.2 Å². The highest BCUT2D eigenvalue weighted by Gasteiger charge is 2.54. The van der Waals surface area contributed by atoms with Gasteiger partial charge in [-0.05, 0) is 54.8 Å². The fourth-order valence-electron chi connectivity index (χ4n) is 5.09. The van der Waals surface area contributed by atoms with E-state index < -0.39 is 40.3 Å². The van der Waals surface area contributed by atoms with E-state index in [2.05, 4.69) is 20.4 Å². The summed E-state index contributed by atoms with van der Waals surface area (Å²) in [4.78, 5) is 33.4. The Kier molecular flexibility index (Phi) is 6.72. The number of aromatic nitrogens is 4. The summed E-state index contributed by atoms with van der Waals surface area (Å²) < 4.78 is 60.5. The largest absolute Gasteiger partial charge is 0.417 e. The van der Waals surface area contributed by atoms with E-state index in [4.69, 9.17) is 21.9 Å². The molecule has 0 bridgehead atoms. The molecule has 3 N–H and O–H groups in total. The number of benzene rings is 2. The summed E-state index contributed by atoms with van der Waals surface area (Å²) in [5.74, 6) is -1.50. The maximum Gasteiger partial charge on any atom is 0.417 e. The highest BCUT2D eigenvalue weighted by atomic mass is 35.5.